The molecule has 1 heterocycles. The van der Waals surface area contributed by atoms with Crippen molar-refractivity contribution in [2.24, 2.45) is 0 Å². The highest BCUT2D eigenvalue weighted by molar-refractivity contribution is 5.55. The van der Waals surface area contributed by atoms with Crippen LogP contribution in [0.1, 0.15) is 33.9 Å². The van der Waals surface area contributed by atoms with Gasteiger partial charge < -0.3 is 19.5 Å². The average Bonchev–Trinajstić information content (AvgIpc) is 2.95. The van der Waals surface area contributed by atoms with Crippen LogP contribution in [0, 0.1) is 0 Å². The lowest BCUT2D eigenvalue weighted by Gasteiger charge is -2.26. The molecule has 1 atom stereocenters. The maximum atomic E-state index is 6.17. The lowest BCUT2D eigenvalue weighted by atomic mass is 9.93. The Morgan fingerprint density at radius 3 is 2.11 bits per heavy atom. The molecule has 182 valence electrons. The van der Waals surface area contributed by atoms with E-state index in [4.69, 9.17) is 14.2 Å². The fourth-order valence-electron chi connectivity index (χ4n) is 4.40. The van der Waals surface area contributed by atoms with Crippen molar-refractivity contribution in [3.8, 4) is 17.2 Å². The third-order valence-corrected chi connectivity index (χ3v) is 6.37. The summed E-state index contributed by atoms with van der Waals surface area (Å²) in [7, 11) is 1.70. The smallest absolute Gasteiger partial charge is 0.162 e. The van der Waals surface area contributed by atoms with E-state index in [0.717, 1.165) is 46.9 Å². The van der Waals surface area contributed by atoms with Crippen LogP contribution in [-0.4, -0.2) is 13.7 Å². The van der Waals surface area contributed by atoms with Crippen LogP contribution in [-0.2, 0) is 19.6 Å². The molecule has 1 N–H and O–H groups in total. The minimum atomic E-state index is 0.104. The van der Waals surface area contributed by atoms with E-state index in [2.05, 4.69) is 66.0 Å². The van der Waals surface area contributed by atoms with E-state index in [1.807, 2.05) is 48.5 Å². The van der Waals surface area contributed by atoms with Crippen molar-refractivity contribution in [1.29, 1.82) is 0 Å². The Labute approximate surface area is 213 Å². The van der Waals surface area contributed by atoms with E-state index in [0.29, 0.717) is 13.2 Å². The first kappa shape index (κ1) is 23.7. The van der Waals surface area contributed by atoms with Crippen LogP contribution in [0.4, 0.5) is 0 Å². The molecule has 0 saturated heterocycles. The number of benzene rings is 4. The van der Waals surface area contributed by atoms with Gasteiger partial charge in [0.2, 0.25) is 0 Å². The first-order chi connectivity index (χ1) is 17.8. The first-order valence-electron chi connectivity index (χ1n) is 12.3. The molecular weight excluding hydrogens is 446 g/mol. The third-order valence-electron chi connectivity index (χ3n) is 6.37. The van der Waals surface area contributed by atoms with Crippen LogP contribution in [0.3, 0.4) is 0 Å². The van der Waals surface area contributed by atoms with Crippen molar-refractivity contribution < 1.29 is 14.2 Å². The van der Waals surface area contributed by atoms with Crippen LogP contribution in [0.2, 0.25) is 0 Å². The van der Waals surface area contributed by atoms with Crippen LogP contribution >= 0.6 is 0 Å². The third kappa shape index (κ3) is 5.96. The van der Waals surface area contributed by atoms with Gasteiger partial charge in [0.1, 0.15) is 19.0 Å². The zero-order chi connectivity index (χ0) is 24.6. The van der Waals surface area contributed by atoms with E-state index < -0.39 is 0 Å². The molecule has 0 aromatic heterocycles. The molecule has 4 nitrogen and oxygen atoms in total. The molecule has 0 amide bonds. The predicted octanol–water partition coefficient (Wildman–Crippen LogP) is 6.75. The van der Waals surface area contributed by atoms with E-state index in [1.165, 1.54) is 11.1 Å². The van der Waals surface area contributed by atoms with Gasteiger partial charge >= 0.3 is 0 Å². The topological polar surface area (TPSA) is 39.7 Å². The van der Waals surface area contributed by atoms with Gasteiger partial charge in [-0.05, 0) is 58.5 Å². The summed E-state index contributed by atoms with van der Waals surface area (Å²) in [5.41, 5.74) is 5.93. The van der Waals surface area contributed by atoms with E-state index >= 15 is 0 Å². The number of fused-ring (bicyclic) bond motifs is 1. The van der Waals surface area contributed by atoms with Gasteiger partial charge in [0.15, 0.2) is 11.5 Å². The highest BCUT2D eigenvalue weighted by Crippen LogP contribution is 2.36. The highest BCUT2D eigenvalue weighted by Gasteiger charge is 2.21. The molecule has 4 aromatic carbocycles. The Balaban J connectivity index is 1.27. The summed E-state index contributed by atoms with van der Waals surface area (Å²) in [4.78, 5) is 0. The Kier molecular flexibility index (Phi) is 7.64. The summed E-state index contributed by atoms with van der Waals surface area (Å²) in [6.45, 7) is 1.99. The molecule has 0 spiro atoms. The van der Waals surface area contributed by atoms with Crippen LogP contribution < -0.4 is 19.5 Å². The number of ether oxygens (including phenoxy) is 3. The number of methoxy groups -OCH3 is 1. The normalized spacial score (nSPS) is 14.9. The zero-order valence-corrected chi connectivity index (χ0v) is 20.5. The number of rotatable bonds is 9. The number of hydrogen-bond acceptors (Lipinski definition) is 4. The SMILES string of the molecule is COc1cc2c(cc1OCc1ccccc1)[C@@H](/C=C/c1ccc(OCc3ccccc3)cc1)NCC2. The summed E-state index contributed by atoms with van der Waals surface area (Å²) >= 11 is 0. The molecule has 0 fully saturated rings. The number of hydrogen-bond donors (Lipinski definition) is 1. The molecule has 36 heavy (non-hydrogen) atoms. The van der Waals surface area contributed by atoms with Crippen molar-refractivity contribution in [2.45, 2.75) is 25.7 Å². The van der Waals surface area contributed by atoms with Crippen molar-refractivity contribution in [3.63, 3.8) is 0 Å². The second-order valence-electron chi connectivity index (χ2n) is 8.86. The first-order valence-corrected chi connectivity index (χ1v) is 12.3. The molecule has 0 aliphatic carbocycles. The van der Waals surface area contributed by atoms with Gasteiger partial charge in [-0.25, -0.2) is 0 Å². The van der Waals surface area contributed by atoms with Gasteiger partial charge in [-0.15, -0.1) is 0 Å². The molecule has 0 radical (unpaired) electrons. The molecule has 0 saturated carbocycles. The molecule has 0 unspecified atom stereocenters. The quantitative estimate of drug-likeness (QED) is 0.289. The summed E-state index contributed by atoms with van der Waals surface area (Å²) < 4.78 is 17.7. The second-order valence-corrected chi connectivity index (χ2v) is 8.86. The van der Waals surface area contributed by atoms with E-state index in [9.17, 15) is 0 Å². The minimum Gasteiger partial charge on any atom is -0.493 e. The fraction of sp³-hybridized carbons (Fsp3) is 0.188. The molecule has 5 rings (SSSR count). The maximum Gasteiger partial charge on any atom is 0.162 e. The van der Waals surface area contributed by atoms with Gasteiger partial charge in [0.25, 0.3) is 0 Å². The van der Waals surface area contributed by atoms with E-state index in [1.54, 1.807) is 7.11 Å². The highest BCUT2D eigenvalue weighted by atomic mass is 16.5. The number of nitrogens with one attached hydrogen (secondary N) is 1. The minimum absolute atomic E-state index is 0.104. The predicted molar refractivity (Wildman–Crippen MR) is 144 cm³/mol. The lowest BCUT2D eigenvalue weighted by Crippen LogP contribution is -2.28. The Morgan fingerprint density at radius 2 is 1.44 bits per heavy atom. The molecule has 0 bridgehead atoms. The zero-order valence-electron chi connectivity index (χ0n) is 20.5. The van der Waals surface area contributed by atoms with Crippen molar-refractivity contribution in [3.05, 3.63) is 131 Å². The lowest BCUT2D eigenvalue weighted by molar-refractivity contribution is 0.283. The monoisotopic (exact) mass is 477 g/mol. The summed E-state index contributed by atoms with van der Waals surface area (Å²) in [6, 6.07) is 33.0. The largest absolute Gasteiger partial charge is 0.493 e. The van der Waals surface area contributed by atoms with Crippen LogP contribution in [0.5, 0.6) is 17.2 Å². The molecule has 1 aliphatic heterocycles. The Morgan fingerprint density at radius 1 is 0.778 bits per heavy atom. The maximum absolute atomic E-state index is 6.17. The summed E-state index contributed by atoms with van der Waals surface area (Å²) in [6.07, 6.45) is 5.33. The molecule has 4 aromatic rings. The van der Waals surface area contributed by atoms with Gasteiger partial charge in [-0.3, -0.25) is 0 Å². The molecular formula is C32H31NO3. The fourth-order valence-corrected chi connectivity index (χ4v) is 4.40. The van der Waals surface area contributed by atoms with Gasteiger partial charge in [0, 0.05) is 6.54 Å². The van der Waals surface area contributed by atoms with Crippen LogP contribution in [0.25, 0.3) is 6.08 Å². The average molecular weight is 478 g/mol. The van der Waals surface area contributed by atoms with Gasteiger partial charge in [0.05, 0.1) is 13.2 Å². The Bertz CT molecular complexity index is 1280. The summed E-state index contributed by atoms with van der Waals surface area (Å²) in [5.74, 6) is 2.41. The van der Waals surface area contributed by atoms with E-state index in [-0.39, 0.29) is 6.04 Å². The summed E-state index contributed by atoms with van der Waals surface area (Å²) in [5, 5.41) is 3.63. The van der Waals surface area contributed by atoms with Gasteiger partial charge in [-0.1, -0.05) is 84.9 Å². The Hall–Kier alpha value is -4.02. The van der Waals surface area contributed by atoms with Gasteiger partial charge in [-0.2, -0.15) is 0 Å². The standard InChI is InChI=1S/C32H31NO3/c1-34-31-20-27-18-19-33-30(29(27)21-32(31)36-23-26-10-6-3-7-11-26)17-14-24-12-15-28(16-13-24)35-22-25-8-4-2-5-9-25/h2-17,20-21,30,33H,18-19,22-23H2,1H3/b17-14+/t30-/m1/s1. The van der Waals surface area contributed by atoms with Crippen LogP contribution in [0.15, 0.2) is 103 Å². The second kappa shape index (κ2) is 11.6. The van der Waals surface area contributed by atoms with Crippen molar-refractivity contribution in [1.82, 2.24) is 5.32 Å². The van der Waals surface area contributed by atoms with Crippen molar-refractivity contribution >= 4 is 6.08 Å². The van der Waals surface area contributed by atoms with Crippen molar-refractivity contribution in [2.75, 3.05) is 13.7 Å². The molecule has 4 heteroatoms. The molecule has 1 aliphatic rings.